The molecule has 0 radical (unpaired) electrons. The Hall–Kier alpha value is -1.76. The highest BCUT2D eigenvalue weighted by Crippen LogP contribution is 2.23. The van der Waals surface area contributed by atoms with Crippen molar-refractivity contribution < 1.29 is 4.79 Å². The van der Waals surface area contributed by atoms with E-state index in [9.17, 15) is 4.79 Å². The molecular weight excluding hydrogens is 386 g/mol. The second-order valence-corrected chi connectivity index (χ2v) is 9.48. The number of carbonyl (C=O) groups excluding carboxylic acids is 1. The Balaban J connectivity index is 1.13. The first-order chi connectivity index (χ1) is 13.8. The Morgan fingerprint density at radius 3 is 2.64 bits per heavy atom. The summed E-state index contributed by atoms with van der Waals surface area (Å²) in [5.74, 6) is 0.321. The van der Waals surface area contributed by atoms with Gasteiger partial charge in [-0.3, -0.25) is 9.69 Å². The summed E-state index contributed by atoms with van der Waals surface area (Å²) in [4.78, 5) is 23.2. The van der Waals surface area contributed by atoms with Crippen LogP contribution in [0.2, 0.25) is 0 Å². The molecule has 1 aromatic carbocycles. The minimum Gasteiger partial charge on any atom is -0.340 e. The summed E-state index contributed by atoms with van der Waals surface area (Å²) >= 11 is 3.61. The molecule has 0 bridgehead atoms. The number of thiophene rings is 1. The molecule has 1 saturated heterocycles. The lowest BCUT2D eigenvalue weighted by Gasteiger charge is -2.34. The molecule has 0 spiro atoms. The predicted octanol–water partition coefficient (Wildman–Crippen LogP) is 4.46. The maximum atomic E-state index is 12.5. The van der Waals surface area contributed by atoms with Crippen molar-refractivity contribution in [1.29, 1.82) is 0 Å². The van der Waals surface area contributed by atoms with Gasteiger partial charge in [0.15, 0.2) is 0 Å². The molecular formula is C22H27N3OS2. The SMILES string of the molecule is O=C(CCCCc1nc2ccccc2s1)N1CCN(CCc2cccs2)CC1. The van der Waals surface area contributed by atoms with Crippen LogP contribution >= 0.6 is 22.7 Å². The molecule has 0 saturated carbocycles. The summed E-state index contributed by atoms with van der Waals surface area (Å²) in [5.41, 5.74) is 1.09. The van der Waals surface area contributed by atoms with Crippen LogP contribution in [0.1, 0.15) is 29.1 Å². The summed E-state index contributed by atoms with van der Waals surface area (Å²) in [6.45, 7) is 4.86. The highest BCUT2D eigenvalue weighted by atomic mass is 32.1. The number of aryl methyl sites for hydroxylation is 1. The van der Waals surface area contributed by atoms with Crippen molar-refractivity contribution in [3.8, 4) is 0 Å². The van der Waals surface area contributed by atoms with Crippen LogP contribution < -0.4 is 0 Å². The summed E-state index contributed by atoms with van der Waals surface area (Å²) in [6.07, 6.45) is 4.75. The number of hydrogen-bond acceptors (Lipinski definition) is 5. The molecule has 28 heavy (non-hydrogen) atoms. The number of nitrogens with zero attached hydrogens (tertiary/aromatic N) is 3. The molecule has 1 amide bonds. The number of para-hydroxylation sites is 1. The Kier molecular flexibility index (Phi) is 6.73. The molecule has 1 aliphatic rings. The van der Waals surface area contributed by atoms with E-state index in [0.717, 1.165) is 63.9 Å². The van der Waals surface area contributed by atoms with Gasteiger partial charge in [-0.1, -0.05) is 18.2 Å². The van der Waals surface area contributed by atoms with E-state index < -0.39 is 0 Å². The maximum Gasteiger partial charge on any atom is 0.222 e. The highest BCUT2D eigenvalue weighted by Gasteiger charge is 2.20. The van der Waals surface area contributed by atoms with E-state index in [1.807, 2.05) is 17.4 Å². The van der Waals surface area contributed by atoms with Gasteiger partial charge in [0.2, 0.25) is 5.91 Å². The second-order valence-electron chi connectivity index (χ2n) is 7.33. The first-order valence-electron chi connectivity index (χ1n) is 10.1. The molecule has 3 aromatic rings. The fraction of sp³-hybridized carbons (Fsp3) is 0.455. The van der Waals surface area contributed by atoms with Gasteiger partial charge in [0.05, 0.1) is 15.2 Å². The second kappa shape index (κ2) is 9.63. The summed E-state index contributed by atoms with van der Waals surface area (Å²) in [6, 6.07) is 12.6. The zero-order chi connectivity index (χ0) is 19.2. The van der Waals surface area contributed by atoms with Crippen LogP contribution in [0.4, 0.5) is 0 Å². The van der Waals surface area contributed by atoms with Crippen LogP contribution in [0.3, 0.4) is 0 Å². The molecule has 148 valence electrons. The molecule has 6 heteroatoms. The van der Waals surface area contributed by atoms with E-state index in [0.29, 0.717) is 12.3 Å². The largest absolute Gasteiger partial charge is 0.340 e. The molecule has 0 atom stereocenters. The predicted molar refractivity (Wildman–Crippen MR) is 118 cm³/mol. The van der Waals surface area contributed by atoms with Crippen molar-refractivity contribution >= 4 is 38.8 Å². The average Bonchev–Trinajstić information content (AvgIpc) is 3.39. The normalized spacial score (nSPS) is 15.4. The number of unbranched alkanes of at least 4 members (excludes halogenated alkanes) is 1. The van der Waals surface area contributed by atoms with Crippen LogP contribution in [-0.2, 0) is 17.6 Å². The molecule has 2 aromatic heterocycles. The monoisotopic (exact) mass is 413 g/mol. The van der Waals surface area contributed by atoms with Gasteiger partial charge in [-0.25, -0.2) is 4.98 Å². The molecule has 1 aliphatic heterocycles. The molecule has 0 N–H and O–H groups in total. The fourth-order valence-electron chi connectivity index (χ4n) is 3.68. The lowest BCUT2D eigenvalue weighted by molar-refractivity contribution is -0.133. The molecule has 3 heterocycles. The zero-order valence-corrected chi connectivity index (χ0v) is 17.8. The molecule has 0 unspecified atom stereocenters. The fourth-order valence-corrected chi connectivity index (χ4v) is 5.39. The van der Waals surface area contributed by atoms with Gasteiger partial charge in [0.1, 0.15) is 0 Å². The van der Waals surface area contributed by atoms with Gasteiger partial charge < -0.3 is 4.90 Å². The van der Waals surface area contributed by atoms with E-state index >= 15 is 0 Å². The number of thiazole rings is 1. The van der Waals surface area contributed by atoms with Gasteiger partial charge >= 0.3 is 0 Å². The standard InChI is InChI=1S/C22H27N3OS2/c26-22(10-4-3-9-21-23-19-7-1-2-8-20(19)28-21)25-15-13-24(14-16-25)12-11-18-6-5-17-27-18/h1-2,5-8,17H,3-4,9-16H2. The third-order valence-electron chi connectivity index (χ3n) is 5.35. The molecule has 0 aliphatic carbocycles. The minimum absolute atomic E-state index is 0.321. The van der Waals surface area contributed by atoms with E-state index in [4.69, 9.17) is 0 Å². The Bertz CT molecular complexity index is 849. The third kappa shape index (κ3) is 5.19. The van der Waals surface area contributed by atoms with Gasteiger partial charge in [-0.2, -0.15) is 0 Å². The minimum atomic E-state index is 0.321. The van der Waals surface area contributed by atoms with Crippen LogP contribution in [0.25, 0.3) is 10.2 Å². The van der Waals surface area contributed by atoms with E-state index in [2.05, 4.69) is 50.5 Å². The van der Waals surface area contributed by atoms with E-state index in [-0.39, 0.29) is 0 Å². The Morgan fingerprint density at radius 1 is 1.00 bits per heavy atom. The molecule has 1 fully saturated rings. The van der Waals surface area contributed by atoms with Crippen molar-refractivity contribution in [3.05, 3.63) is 51.7 Å². The number of hydrogen-bond donors (Lipinski definition) is 0. The maximum absolute atomic E-state index is 12.5. The number of amides is 1. The van der Waals surface area contributed by atoms with E-state index in [1.54, 1.807) is 11.3 Å². The van der Waals surface area contributed by atoms with Crippen LogP contribution in [0, 0.1) is 0 Å². The van der Waals surface area contributed by atoms with Crippen molar-refractivity contribution in [2.45, 2.75) is 32.1 Å². The first kappa shape index (κ1) is 19.6. The average molecular weight is 414 g/mol. The Morgan fingerprint density at radius 2 is 1.86 bits per heavy atom. The first-order valence-corrected chi connectivity index (χ1v) is 11.8. The highest BCUT2D eigenvalue weighted by molar-refractivity contribution is 7.18. The smallest absolute Gasteiger partial charge is 0.222 e. The lowest BCUT2D eigenvalue weighted by atomic mass is 10.1. The van der Waals surface area contributed by atoms with Gasteiger partial charge in [-0.05, 0) is 49.3 Å². The Labute approximate surface area is 174 Å². The van der Waals surface area contributed by atoms with Gasteiger partial charge in [0.25, 0.3) is 0 Å². The number of carbonyl (C=O) groups is 1. The van der Waals surface area contributed by atoms with Crippen LogP contribution in [0.5, 0.6) is 0 Å². The van der Waals surface area contributed by atoms with Gasteiger partial charge in [0, 0.05) is 44.0 Å². The van der Waals surface area contributed by atoms with Crippen molar-refractivity contribution in [2.75, 3.05) is 32.7 Å². The number of piperazine rings is 1. The third-order valence-corrected chi connectivity index (χ3v) is 7.38. The molecule has 4 rings (SSSR count). The quantitative estimate of drug-likeness (QED) is 0.512. The molecule has 4 nitrogen and oxygen atoms in total. The number of fused-ring (bicyclic) bond motifs is 1. The van der Waals surface area contributed by atoms with Crippen molar-refractivity contribution in [3.63, 3.8) is 0 Å². The summed E-state index contributed by atoms with van der Waals surface area (Å²) in [7, 11) is 0. The van der Waals surface area contributed by atoms with E-state index in [1.165, 1.54) is 14.6 Å². The lowest BCUT2D eigenvalue weighted by Crippen LogP contribution is -2.49. The van der Waals surface area contributed by atoms with Gasteiger partial charge in [-0.15, -0.1) is 22.7 Å². The van der Waals surface area contributed by atoms with Crippen molar-refractivity contribution in [2.24, 2.45) is 0 Å². The topological polar surface area (TPSA) is 36.4 Å². The number of aromatic nitrogens is 1. The number of benzene rings is 1. The zero-order valence-electron chi connectivity index (χ0n) is 16.2. The number of rotatable bonds is 8. The summed E-state index contributed by atoms with van der Waals surface area (Å²) in [5, 5.41) is 3.33. The van der Waals surface area contributed by atoms with Crippen molar-refractivity contribution in [1.82, 2.24) is 14.8 Å². The van der Waals surface area contributed by atoms with Crippen LogP contribution in [-0.4, -0.2) is 53.4 Å². The van der Waals surface area contributed by atoms with Crippen LogP contribution in [0.15, 0.2) is 41.8 Å². The summed E-state index contributed by atoms with van der Waals surface area (Å²) < 4.78 is 1.26.